The molecule has 1 aromatic carbocycles. The first kappa shape index (κ1) is 13.9. The summed E-state index contributed by atoms with van der Waals surface area (Å²) in [5.74, 6) is 0.306. The van der Waals surface area contributed by atoms with E-state index in [1.54, 1.807) is 6.07 Å². The van der Waals surface area contributed by atoms with Crippen molar-refractivity contribution in [3.63, 3.8) is 0 Å². The number of hydrogen-bond acceptors (Lipinski definition) is 2. The van der Waals surface area contributed by atoms with Gasteiger partial charge in [0.15, 0.2) is 0 Å². The summed E-state index contributed by atoms with van der Waals surface area (Å²) >= 11 is 6.02. The molecule has 0 fully saturated rings. The van der Waals surface area contributed by atoms with E-state index >= 15 is 0 Å². The average molecular weight is 280 g/mol. The molecule has 0 spiro atoms. The van der Waals surface area contributed by atoms with Crippen LogP contribution in [0.2, 0.25) is 5.02 Å². The highest BCUT2D eigenvalue weighted by Gasteiger charge is 2.29. The summed E-state index contributed by atoms with van der Waals surface area (Å²) < 4.78 is 0. The third-order valence-electron chi connectivity index (χ3n) is 3.38. The fraction of sp³-hybridized carbons (Fsp3) is 0.429. The lowest BCUT2D eigenvalue weighted by molar-refractivity contribution is 0.192. The Morgan fingerprint density at radius 1 is 1.47 bits per heavy atom. The Hall–Kier alpha value is -1.55. The Morgan fingerprint density at radius 2 is 2.16 bits per heavy atom. The summed E-state index contributed by atoms with van der Waals surface area (Å²) in [6.07, 6.45) is 0. The van der Waals surface area contributed by atoms with Gasteiger partial charge in [0.1, 0.15) is 0 Å². The van der Waals surface area contributed by atoms with Crippen molar-refractivity contribution in [1.29, 1.82) is 0 Å². The van der Waals surface area contributed by atoms with Crippen molar-refractivity contribution in [2.45, 2.75) is 33.7 Å². The first-order chi connectivity index (χ1) is 8.90. The fourth-order valence-electron chi connectivity index (χ4n) is 1.89. The number of benzene rings is 1. The molecule has 0 radical (unpaired) electrons. The van der Waals surface area contributed by atoms with Crippen LogP contribution in [-0.4, -0.2) is 16.8 Å². The normalized spacial score (nSPS) is 19.5. The van der Waals surface area contributed by atoms with Crippen molar-refractivity contribution >= 4 is 29.0 Å². The topological polar surface area (TPSA) is 44.7 Å². The maximum Gasteiger partial charge on any atom is 0.342 e. The fourth-order valence-corrected chi connectivity index (χ4v) is 2.07. The Bertz CT molecular complexity index is 539. The van der Waals surface area contributed by atoms with Gasteiger partial charge in [0.2, 0.25) is 0 Å². The van der Waals surface area contributed by atoms with E-state index in [0.29, 0.717) is 10.9 Å². The van der Waals surface area contributed by atoms with Crippen molar-refractivity contribution in [3.05, 3.63) is 28.8 Å². The van der Waals surface area contributed by atoms with E-state index in [4.69, 9.17) is 11.6 Å². The van der Waals surface area contributed by atoms with Crippen molar-refractivity contribution in [2.75, 3.05) is 5.32 Å². The molecule has 2 amide bonds. The second kappa shape index (κ2) is 5.21. The molecule has 5 heteroatoms. The quantitative estimate of drug-likeness (QED) is 0.807. The van der Waals surface area contributed by atoms with Crippen molar-refractivity contribution in [3.8, 4) is 0 Å². The van der Waals surface area contributed by atoms with Crippen LogP contribution in [0.15, 0.2) is 23.3 Å². The number of fused-ring (bicyclic) bond motifs is 1. The molecule has 102 valence electrons. The molecule has 1 aromatic rings. The van der Waals surface area contributed by atoms with Crippen LogP contribution in [0.5, 0.6) is 0 Å². The number of halogens is 1. The maximum absolute atomic E-state index is 12.1. The largest absolute Gasteiger partial charge is 0.342 e. The summed E-state index contributed by atoms with van der Waals surface area (Å²) in [4.78, 5) is 12.1. The third-order valence-corrected chi connectivity index (χ3v) is 3.62. The van der Waals surface area contributed by atoms with Crippen LogP contribution < -0.4 is 5.32 Å². The first-order valence-electron chi connectivity index (χ1n) is 6.35. The molecular weight excluding hydrogens is 262 g/mol. The van der Waals surface area contributed by atoms with E-state index in [-0.39, 0.29) is 12.1 Å². The van der Waals surface area contributed by atoms with Gasteiger partial charge in [0, 0.05) is 22.0 Å². The lowest BCUT2D eigenvalue weighted by Gasteiger charge is -2.32. The molecule has 0 aliphatic carbocycles. The number of nitrogens with one attached hydrogen (secondary N) is 1. The van der Waals surface area contributed by atoms with Crippen molar-refractivity contribution in [2.24, 2.45) is 11.0 Å². The Labute approximate surface area is 118 Å². The van der Waals surface area contributed by atoms with Crippen LogP contribution in [0.4, 0.5) is 10.5 Å². The Balaban J connectivity index is 2.39. The molecule has 0 saturated carbocycles. The molecule has 0 aromatic heterocycles. The van der Waals surface area contributed by atoms with Gasteiger partial charge in [-0.1, -0.05) is 25.4 Å². The summed E-state index contributed by atoms with van der Waals surface area (Å²) in [6, 6.07) is 5.13. The number of carbonyl (C=O) groups is 1. The highest BCUT2D eigenvalue weighted by molar-refractivity contribution is 6.30. The standard InChI is InChI=1S/C14H18ClN3O/c1-8(2)9(3)17-18-10(4)12-7-11(15)5-6-13(12)16-14(18)19/h5-8,10H,1-4H3,(H,16,19)/b17-9+. The number of nitrogens with zero attached hydrogens (tertiary/aromatic N) is 2. The molecule has 1 aliphatic rings. The van der Waals surface area contributed by atoms with Gasteiger partial charge in [-0.25, -0.2) is 9.80 Å². The van der Waals surface area contributed by atoms with E-state index in [9.17, 15) is 4.79 Å². The lowest BCUT2D eigenvalue weighted by Crippen LogP contribution is -2.38. The Morgan fingerprint density at radius 3 is 2.79 bits per heavy atom. The monoisotopic (exact) mass is 279 g/mol. The molecule has 2 rings (SSSR count). The predicted octanol–water partition coefficient (Wildman–Crippen LogP) is 4.28. The van der Waals surface area contributed by atoms with Crippen LogP contribution in [-0.2, 0) is 0 Å². The average Bonchev–Trinajstić information content (AvgIpc) is 2.35. The molecule has 4 nitrogen and oxygen atoms in total. The predicted molar refractivity (Wildman–Crippen MR) is 78.7 cm³/mol. The second-order valence-electron chi connectivity index (χ2n) is 5.08. The smallest absolute Gasteiger partial charge is 0.306 e. The zero-order valence-corrected chi connectivity index (χ0v) is 12.3. The molecule has 1 atom stereocenters. The molecule has 19 heavy (non-hydrogen) atoms. The number of carbonyl (C=O) groups excluding carboxylic acids is 1. The Kier molecular flexibility index (Phi) is 3.80. The molecule has 0 bridgehead atoms. The number of amides is 2. The minimum absolute atomic E-state index is 0.129. The molecule has 1 aliphatic heterocycles. The van der Waals surface area contributed by atoms with Crippen LogP contribution >= 0.6 is 11.6 Å². The van der Waals surface area contributed by atoms with Crippen LogP contribution in [0.1, 0.15) is 39.3 Å². The van der Waals surface area contributed by atoms with Crippen LogP contribution in [0, 0.1) is 5.92 Å². The molecule has 1 N–H and O–H groups in total. The van der Waals surface area contributed by atoms with E-state index in [2.05, 4.69) is 24.3 Å². The summed E-state index contributed by atoms with van der Waals surface area (Å²) in [5.41, 5.74) is 2.70. The molecular formula is C14H18ClN3O. The van der Waals surface area contributed by atoms with E-state index < -0.39 is 0 Å². The third kappa shape index (κ3) is 2.73. The van der Waals surface area contributed by atoms with Gasteiger partial charge in [-0.05, 0) is 38.0 Å². The number of hydrazone groups is 1. The van der Waals surface area contributed by atoms with Gasteiger partial charge in [-0.2, -0.15) is 5.10 Å². The van der Waals surface area contributed by atoms with E-state index in [1.807, 2.05) is 26.0 Å². The first-order valence-corrected chi connectivity index (χ1v) is 6.72. The van der Waals surface area contributed by atoms with Crippen molar-refractivity contribution in [1.82, 2.24) is 5.01 Å². The molecule has 1 unspecified atom stereocenters. The number of rotatable bonds is 2. The highest BCUT2D eigenvalue weighted by Crippen LogP contribution is 2.34. The van der Waals surface area contributed by atoms with Gasteiger partial charge < -0.3 is 5.32 Å². The van der Waals surface area contributed by atoms with Crippen molar-refractivity contribution < 1.29 is 4.79 Å². The van der Waals surface area contributed by atoms with Gasteiger partial charge in [-0.15, -0.1) is 0 Å². The number of urea groups is 1. The number of hydrogen-bond donors (Lipinski definition) is 1. The van der Waals surface area contributed by atoms with Crippen LogP contribution in [0.3, 0.4) is 0 Å². The highest BCUT2D eigenvalue weighted by atomic mass is 35.5. The van der Waals surface area contributed by atoms with Gasteiger partial charge in [-0.3, -0.25) is 0 Å². The second-order valence-corrected chi connectivity index (χ2v) is 5.51. The van der Waals surface area contributed by atoms with E-state index in [1.165, 1.54) is 5.01 Å². The van der Waals surface area contributed by atoms with Gasteiger partial charge in [0.05, 0.1) is 6.04 Å². The van der Waals surface area contributed by atoms with Crippen LogP contribution in [0.25, 0.3) is 0 Å². The van der Waals surface area contributed by atoms with Gasteiger partial charge in [0.25, 0.3) is 0 Å². The number of anilines is 1. The zero-order chi connectivity index (χ0) is 14.2. The summed E-state index contributed by atoms with van der Waals surface area (Å²) in [5, 5.41) is 9.39. The summed E-state index contributed by atoms with van der Waals surface area (Å²) in [6.45, 7) is 7.98. The molecule has 1 heterocycles. The lowest BCUT2D eigenvalue weighted by atomic mass is 10.0. The summed E-state index contributed by atoms with van der Waals surface area (Å²) in [7, 11) is 0. The van der Waals surface area contributed by atoms with Gasteiger partial charge >= 0.3 is 6.03 Å². The minimum atomic E-state index is -0.206. The van der Waals surface area contributed by atoms with E-state index in [0.717, 1.165) is 17.0 Å². The zero-order valence-electron chi connectivity index (χ0n) is 11.6. The maximum atomic E-state index is 12.1. The minimum Gasteiger partial charge on any atom is -0.306 e. The molecule has 0 saturated heterocycles. The SMILES string of the molecule is C/C(=N\N1C(=O)Nc2ccc(Cl)cc2C1C)C(C)C.